The second kappa shape index (κ2) is 16.6. The fourth-order valence-corrected chi connectivity index (χ4v) is 4.11. The lowest BCUT2D eigenvalue weighted by Gasteiger charge is -2.32. The molecule has 2 aromatic carbocycles. The Bertz CT molecular complexity index is 759. The van der Waals surface area contributed by atoms with E-state index in [9.17, 15) is 4.79 Å². The van der Waals surface area contributed by atoms with Crippen LogP contribution in [0.4, 0.5) is 0 Å². The van der Waals surface area contributed by atoms with Crippen molar-refractivity contribution in [1.82, 2.24) is 10.2 Å². The highest BCUT2D eigenvalue weighted by Crippen LogP contribution is 2.41. The predicted molar refractivity (Wildman–Crippen MR) is 143 cm³/mol. The lowest BCUT2D eigenvalue weighted by molar-refractivity contribution is 0.101. The summed E-state index contributed by atoms with van der Waals surface area (Å²) >= 11 is 0. The number of hydrogen-bond acceptors (Lipinski definition) is 4. The van der Waals surface area contributed by atoms with Crippen LogP contribution >= 0.6 is 0 Å². The van der Waals surface area contributed by atoms with Crippen LogP contribution in [0.15, 0.2) is 54.6 Å². The van der Waals surface area contributed by atoms with Crippen LogP contribution in [0.2, 0.25) is 0 Å². The van der Waals surface area contributed by atoms with Crippen LogP contribution in [-0.4, -0.2) is 48.1 Å². The molecule has 0 aromatic heterocycles. The number of hydrogen-bond donors (Lipinski definition) is 2. The van der Waals surface area contributed by atoms with Gasteiger partial charge in [0.15, 0.2) is 5.78 Å². The monoisotopic (exact) mass is 456 g/mol. The summed E-state index contributed by atoms with van der Waals surface area (Å²) in [6.07, 6.45) is 4.99. The van der Waals surface area contributed by atoms with Crippen molar-refractivity contribution >= 4 is 5.78 Å². The van der Waals surface area contributed by atoms with E-state index in [0.29, 0.717) is 18.0 Å². The van der Waals surface area contributed by atoms with Crippen molar-refractivity contribution in [3.63, 3.8) is 0 Å². The van der Waals surface area contributed by atoms with Gasteiger partial charge in [0.2, 0.25) is 0 Å². The molecule has 2 aromatic rings. The highest BCUT2D eigenvalue weighted by atomic mass is 16.2. The molecule has 1 saturated heterocycles. The molecule has 0 amide bonds. The van der Waals surface area contributed by atoms with Crippen molar-refractivity contribution in [3.05, 3.63) is 71.3 Å². The van der Waals surface area contributed by atoms with Gasteiger partial charge >= 0.3 is 0 Å². The molecule has 0 radical (unpaired) electrons. The van der Waals surface area contributed by atoms with Gasteiger partial charge in [-0.25, -0.2) is 0 Å². The van der Waals surface area contributed by atoms with Gasteiger partial charge in [-0.3, -0.25) is 9.69 Å². The summed E-state index contributed by atoms with van der Waals surface area (Å²) in [6.45, 7) is 13.2. The lowest BCUT2D eigenvalue weighted by Crippen LogP contribution is -2.43. The molecule has 0 bridgehead atoms. The van der Waals surface area contributed by atoms with Gasteiger partial charge < -0.3 is 10.4 Å². The van der Waals surface area contributed by atoms with Crippen LogP contribution in [0, 0.1) is 0 Å². The van der Waals surface area contributed by atoms with E-state index in [-0.39, 0.29) is 7.21 Å². The van der Waals surface area contributed by atoms with Crippen molar-refractivity contribution in [2.45, 2.75) is 84.8 Å². The molecule has 4 rings (SSSR count). The maximum absolute atomic E-state index is 11.4. The topological polar surface area (TPSA) is 52.6 Å². The quantitative estimate of drug-likeness (QED) is 0.501. The number of aliphatic hydroxyl groups is 1. The highest BCUT2D eigenvalue weighted by Gasteiger charge is 2.39. The fourth-order valence-electron chi connectivity index (χ4n) is 4.11. The third-order valence-corrected chi connectivity index (χ3v) is 5.82. The minimum atomic E-state index is 0. The summed E-state index contributed by atoms with van der Waals surface area (Å²) in [4.78, 5) is 13.9. The predicted octanol–water partition coefficient (Wildman–Crippen LogP) is 6.30. The standard InChI is InChI=1S/C23H28N2O.C3H8.C2H6.CH4O.H2/c1-17(26)19-9-7-18(8-10-19)16-25-13-11-21(12-14-25)24-23-15-22(23)20-5-3-2-4-6-20;1-3-2;2*1-2;/h2-10,21-24H,11-16H2,1H3;3H2,1-2H3;1-2H3;2H,1H3;1H/t22-,23+;;;;/m0..../s1. The van der Waals surface area contributed by atoms with Crippen molar-refractivity contribution < 1.29 is 11.3 Å². The number of ketones is 1. The van der Waals surface area contributed by atoms with Crippen molar-refractivity contribution in [2.75, 3.05) is 20.2 Å². The summed E-state index contributed by atoms with van der Waals surface area (Å²) in [6, 6.07) is 20.3. The lowest BCUT2D eigenvalue weighted by atomic mass is 10.0. The molecule has 186 valence electrons. The fraction of sp³-hybridized carbons (Fsp3) is 0.552. The number of aliphatic hydroxyl groups excluding tert-OH is 1. The van der Waals surface area contributed by atoms with Crippen LogP contribution in [0.3, 0.4) is 0 Å². The van der Waals surface area contributed by atoms with Crippen LogP contribution in [-0.2, 0) is 6.54 Å². The van der Waals surface area contributed by atoms with Crippen molar-refractivity contribution in [2.24, 2.45) is 0 Å². The summed E-state index contributed by atoms with van der Waals surface area (Å²) in [5.74, 6) is 0.853. The number of nitrogens with zero attached hydrogens (tertiary/aromatic N) is 1. The summed E-state index contributed by atoms with van der Waals surface area (Å²) in [7, 11) is 1.00. The number of Topliss-reactive ketones (excluding diaryl/α,β-unsaturated/α-hetero) is 1. The molecule has 4 nitrogen and oxygen atoms in total. The SMILES string of the molecule is CC.CC(=O)c1ccc(CN2CCC(N[C@@H]3C[C@H]3c3ccccc3)CC2)cc1.CCC.CO.[HH]. The normalized spacial score (nSPS) is 19.6. The van der Waals surface area contributed by atoms with Gasteiger partial charge in [0.25, 0.3) is 0 Å². The first-order chi connectivity index (χ1) is 16.1. The van der Waals surface area contributed by atoms with E-state index in [1.165, 1.54) is 36.8 Å². The van der Waals surface area contributed by atoms with E-state index in [1.54, 1.807) is 6.92 Å². The molecule has 1 aliphatic carbocycles. The number of carbonyl (C=O) groups excluding carboxylic acids is 1. The number of carbonyl (C=O) groups is 1. The van der Waals surface area contributed by atoms with E-state index in [2.05, 4.69) is 66.5 Å². The van der Waals surface area contributed by atoms with E-state index < -0.39 is 0 Å². The summed E-state index contributed by atoms with van der Waals surface area (Å²) in [5.41, 5.74) is 3.58. The van der Waals surface area contributed by atoms with Gasteiger partial charge in [-0.15, -0.1) is 0 Å². The van der Waals surface area contributed by atoms with Crippen LogP contribution < -0.4 is 5.32 Å². The first-order valence-electron chi connectivity index (χ1n) is 12.7. The Hall–Kier alpha value is -2.01. The Balaban J connectivity index is 0.00000124. The van der Waals surface area contributed by atoms with Crippen LogP contribution in [0.5, 0.6) is 0 Å². The molecule has 2 aliphatic rings. The molecule has 1 aliphatic heterocycles. The van der Waals surface area contributed by atoms with Gasteiger partial charge in [-0.2, -0.15) is 0 Å². The number of rotatable bonds is 6. The second-order valence-corrected chi connectivity index (χ2v) is 8.54. The minimum Gasteiger partial charge on any atom is -0.400 e. The zero-order chi connectivity index (χ0) is 24.6. The molecule has 2 atom stereocenters. The number of nitrogens with one attached hydrogen (secondary N) is 1. The van der Waals surface area contributed by atoms with Gasteiger partial charge in [0.1, 0.15) is 0 Å². The number of piperidine rings is 1. The van der Waals surface area contributed by atoms with Gasteiger partial charge in [-0.05, 0) is 50.4 Å². The first-order valence-corrected chi connectivity index (χ1v) is 12.7. The molecule has 1 heterocycles. The third-order valence-electron chi connectivity index (χ3n) is 5.82. The first kappa shape index (κ1) is 29.0. The maximum atomic E-state index is 11.4. The molecular weight excluding hydrogens is 408 g/mol. The Kier molecular flexibility index (Phi) is 14.6. The molecular formula is C29H48N2O2. The zero-order valence-corrected chi connectivity index (χ0v) is 21.7. The van der Waals surface area contributed by atoms with E-state index in [0.717, 1.165) is 32.3 Å². The van der Waals surface area contributed by atoms with E-state index >= 15 is 0 Å². The maximum Gasteiger partial charge on any atom is 0.159 e. The Morgan fingerprint density at radius 3 is 2.06 bits per heavy atom. The average molecular weight is 457 g/mol. The van der Waals surface area contributed by atoms with E-state index in [1.807, 2.05) is 26.0 Å². The van der Waals surface area contributed by atoms with Crippen LogP contribution in [0.1, 0.15) is 89.1 Å². The summed E-state index contributed by atoms with van der Waals surface area (Å²) < 4.78 is 0. The largest absolute Gasteiger partial charge is 0.400 e. The van der Waals surface area contributed by atoms with E-state index in [4.69, 9.17) is 5.11 Å². The zero-order valence-electron chi connectivity index (χ0n) is 21.7. The Morgan fingerprint density at radius 1 is 1.00 bits per heavy atom. The molecule has 2 fully saturated rings. The molecule has 4 heteroatoms. The van der Waals surface area contributed by atoms with Crippen LogP contribution in [0.25, 0.3) is 0 Å². The van der Waals surface area contributed by atoms with Crippen molar-refractivity contribution in [1.29, 1.82) is 0 Å². The van der Waals surface area contributed by atoms with Gasteiger partial charge in [0, 0.05) is 38.6 Å². The smallest absolute Gasteiger partial charge is 0.159 e. The van der Waals surface area contributed by atoms with Gasteiger partial charge in [-0.1, -0.05) is 88.7 Å². The van der Waals surface area contributed by atoms with Gasteiger partial charge in [0.05, 0.1) is 0 Å². The number of benzene rings is 2. The highest BCUT2D eigenvalue weighted by molar-refractivity contribution is 5.93. The molecule has 33 heavy (non-hydrogen) atoms. The molecule has 0 spiro atoms. The Morgan fingerprint density at radius 2 is 1.55 bits per heavy atom. The van der Waals surface area contributed by atoms with Crippen molar-refractivity contribution in [3.8, 4) is 0 Å². The average Bonchev–Trinajstić information content (AvgIpc) is 3.63. The summed E-state index contributed by atoms with van der Waals surface area (Å²) in [5, 5.41) is 10.9. The molecule has 0 unspecified atom stereocenters. The number of likely N-dealkylation sites (tertiary alicyclic amines) is 1. The molecule has 2 N–H and O–H groups in total. The molecule has 1 saturated carbocycles. The third kappa shape index (κ3) is 10.2. The minimum absolute atomic E-state index is 0. The Labute approximate surface area is 203 Å². The second-order valence-electron chi connectivity index (χ2n) is 8.54.